The van der Waals surface area contributed by atoms with Crippen molar-refractivity contribution < 1.29 is 12.6 Å². The third-order valence-electron chi connectivity index (χ3n) is 2.09. The van der Waals surface area contributed by atoms with Crippen molar-refractivity contribution in [1.82, 2.24) is 4.98 Å². The lowest BCUT2D eigenvalue weighted by Crippen LogP contribution is -2.02. The van der Waals surface area contributed by atoms with E-state index in [0.717, 1.165) is 22.7 Å². The fraction of sp³-hybridized carbons (Fsp3) is 0.182. The van der Waals surface area contributed by atoms with Crippen LogP contribution in [-0.4, -0.2) is 19.7 Å². The van der Waals surface area contributed by atoms with Crippen molar-refractivity contribution in [3.05, 3.63) is 42.1 Å². The molecule has 0 fully saturated rings. The second kappa shape index (κ2) is 4.19. The van der Waals surface area contributed by atoms with Gasteiger partial charge in [0.15, 0.2) is 0 Å². The molecule has 0 aliphatic heterocycles. The van der Waals surface area contributed by atoms with Gasteiger partial charge in [-0.2, -0.15) is 8.42 Å². The van der Waals surface area contributed by atoms with E-state index in [4.69, 9.17) is 4.18 Å². The summed E-state index contributed by atoms with van der Waals surface area (Å²) in [5.41, 5.74) is 1.62. The van der Waals surface area contributed by atoms with E-state index in [1.807, 2.05) is 30.3 Å². The Balaban J connectivity index is 2.26. The number of nitrogens with zero attached hydrogens (tertiary/aromatic N) is 1. The number of aromatic nitrogens is 1. The number of rotatable bonds is 3. The summed E-state index contributed by atoms with van der Waals surface area (Å²) in [7, 11) is -3.40. The molecule has 0 saturated heterocycles. The molecule has 5 heteroatoms. The Kier molecular flexibility index (Phi) is 2.89. The topological polar surface area (TPSA) is 56.3 Å². The Labute approximate surface area is 94.0 Å². The van der Waals surface area contributed by atoms with E-state index in [1.165, 1.54) is 0 Å². The average molecular weight is 237 g/mol. The van der Waals surface area contributed by atoms with Gasteiger partial charge in [0, 0.05) is 11.6 Å². The molecule has 0 bridgehead atoms. The van der Waals surface area contributed by atoms with Crippen LogP contribution in [0.1, 0.15) is 5.56 Å². The van der Waals surface area contributed by atoms with Crippen molar-refractivity contribution in [2.24, 2.45) is 0 Å². The molecule has 0 radical (unpaired) electrons. The molecule has 0 N–H and O–H groups in total. The van der Waals surface area contributed by atoms with Crippen molar-refractivity contribution >= 4 is 21.0 Å². The molecular weight excluding hydrogens is 226 g/mol. The van der Waals surface area contributed by atoms with Crippen LogP contribution < -0.4 is 0 Å². The molecule has 2 rings (SSSR count). The first-order valence-electron chi connectivity index (χ1n) is 4.73. The average Bonchev–Trinajstić information content (AvgIpc) is 2.25. The molecule has 0 saturated carbocycles. The van der Waals surface area contributed by atoms with Crippen molar-refractivity contribution in [2.75, 3.05) is 6.26 Å². The first kappa shape index (κ1) is 11.0. The fourth-order valence-corrected chi connectivity index (χ4v) is 1.72. The summed E-state index contributed by atoms with van der Waals surface area (Å²) in [5, 5.41) is 0.970. The summed E-state index contributed by atoms with van der Waals surface area (Å²) in [5.74, 6) is 0. The number of benzene rings is 1. The van der Waals surface area contributed by atoms with E-state index < -0.39 is 10.1 Å². The molecule has 16 heavy (non-hydrogen) atoms. The Morgan fingerprint density at radius 2 is 2.06 bits per heavy atom. The van der Waals surface area contributed by atoms with Crippen LogP contribution in [0.4, 0.5) is 0 Å². The third-order valence-corrected chi connectivity index (χ3v) is 2.63. The predicted octanol–water partition coefficient (Wildman–Crippen LogP) is 1.71. The van der Waals surface area contributed by atoms with Crippen LogP contribution in [-0.2, 0) is 20.9 Å². The summed E-state index contributed by atoms with van der Waals surface area (Å²) in [6.07, 6.45) is 2.65. The largest absolute Gasteiger partial charge is 0.265 e. The third kappa shape index (κ3) is 2.77. The van der Waals surface area contributed by atoms with Gasteiger partial charge in [0.05, 0.1) is 18.4 Å². The molecule has 0 spiro atoms. The lowest BCUT2D eigenvalue weighted by Gasteiger charge is -2.02. The maximum atomic E-state index is 10.8. The van der Waals surface area contributed by atoms with E-state index in [9.17, 15) is 8.42 Å². The van der Waals surface area contributed by atoms with Gasteiger partial charge in [0.2, 0.25) is 0 Å². The van der Waals surface area contributed by atoms with E-state index in [2.05, 4.69) is 4.98 Å². The predicted molar refractivity (Wildman–Crippen MR) is 61.4 cm³/mol. The number of pyridine rings is 1. The SMILES string of the molecule is CS(=O)(=O)OCc1cnc2ccccc2c1. The number of hydrogen-bond donors (Lipinski definition) is 0. The van der Waals surface area contributed by atoms with Crippen molar-refractivity contribution in [3.8, 4) is 0 Å². The second-order valence-corrected chi connectivity index (χ2v) is 5.15. The summed E-state index contributed by atoms with van der Waals surface area (Å²) in [6, 6.07) is 9.50. The van der Waals surface area contributed by atoms with E-state index >= 15 is 0 Å². The highest BCUT2D eigenvalue weighted by molar-refractivity contribution is 7.85. The summed E-state index contributed by atoms with van der Waals surface area (Å²) in [4.78, 5) is 4.21. The normalized spacial score (nSPS) is 11.8. The van der Waals surface area contributed by atoms with Crippen molar-refractivity contribution in [3.63, 3.8) is 0 Å². The van der Waals surface area contributed by atoms with E-state index in [-0.39, 0.29) is 6.61 Å². The number of para-hydroxylation sites is 1. The van der Waals surface area contributed by atoms with Crippen molar-refractivity contribution in [1.29, 1.82) is 0 Å². The van der Waals surface area contributed by atoms with E-state index in [1.54, 1.807) is 6.20 Å². The molecule has 1 aromatic carbocycles. The van der Waals surface area contributed by atoms with Crippen LogP contribution >= 0.6 is 0 Å². The molecule has 0 aliphatic rings. The molecule has 1 heterocycles. The van der Waals surface area contributed by atoms with Gasteiger partial charge in [0.25, 0.3) is 10.1 Å². The van der Waals surface area contributed by atoms with Gasteiger partial charge in [-0.3, -0.25) is 9.17 Å². The van der Waals surface area contributed by atoms with Gasteiger partial charge in [-0.1, -0.05) is 18.2 Å². The molecule has 4 nitrogen and oxygen atoms in total. The lowest BCUT2D eigenvalue weighted by atomic mass is 10.2. The Bertz CT molecular complexity index is 607. The summed E-state index contributed by atoms with van der Waals surface area (Å²) < 4.78 is 26.3. The van der Waals surface area contributed by atoms with Gasteiger partial charge in [-0.15, -0.1) is 0 Å². The molecule has 0 unspecified atom stereocenters. The standard InChI is InChI=1S/C11H11NO3S/c1-16(13,14)15-8-9-6-10-4-2-3-5-11(10)12-7-9/h2-7H,8H2,1H3. The van der Waals surface area contributed by atoms with Crippen LogP contribution in [0.5, 0.6) is 0 Å². The van der Waals surface area contributed by atoms with Crippen LogP contribution in [0.15, 0.2) is 36.5 Å². The number of fused-ring (bicyclic) bond motifs is 1. The zero-order valence-corrected chi connectivity index (χ0v) is 9.57. The van der Waals surface area contributed by atoms with Gasteiger partial charge in [-0.05, 0) is 17.7 Å². The van der Waals surface area contributed by atoms with Gasteiger partial charge < -0.3 is 0 Å². The van der Waals surface area contributed by atoms with Crippen molar-refractivity contribution in [2.45, 2.75) is 6.61 Å². The molecule has 0 amide bonds. The Morgan fingerprint density at radius 3 is 2.81 bits per heavy atom. The smallest absolute Gasteiger partial charge is 0.264 e. The summed E-state index contributed by atoms with van der Waals surface area (Å²) in [6.45, 7) is 0.0245. The minimum absolute atomic E-state index is 0.0245. The van der Waals surface area contributed by atoms with Gasteiger partial charge >= 0.3 is 0 Å². The maximum absolute atomic E-state index is 10.8. The minimum atomic E-state index is -3.40. The molecule has 1 aromatic heterocycles. The van der Waals surface area contributed by atoms with E-state index in [0.29, 0.717) is 0 Å². The van der Waals surface area contributed by atoms with Crippen LogP contribution in [0, 0.1) is 0 Å². The first-order chi connectivity index (χ1) is 7.54. The highest BCUT2D eigenvalue weighted by Gasteiger charge is 2.03. The molecular formula is C11H11NO3S. The number of hydrogen-bond acceptors (Lipinski definition) is 4. The maximum Gasteiger partial charge on any atom is 0.264 e. The zero-order chi connectivity index (χ0) is 11.6. The van der Waals surface area contributed by atoms with Gasteiger partial charge in [-0.25, -0.2) is 0 Å². The highest BCUT2D eigenvalue weighted by Crippen LogP contribution is 2.13. The first-order valence-corrected chi connectivity index (χ1v) is 6.54. The zero-order valence-electron chi connectivity index (χ0n) is 8.75. The quantitative estimate of drug-likeness (QED) is 0.762. The Hall–Kier alpha value is -1.46. The van der Waals surface area contributed by atoms with Crippen LogP contribution in [0.2, 0.25) is 0 Å². The minimum Gasteiger partial charge on any atom is -0.265 e. The lowest BCUT2D eigenvalue weighted by molar-refractivity contribution is 0.311. The molecule has 84 valence electrons. The molecule has 0 atom stereocenters. The Morgan fingerprint density at radius 1 is 1.31 bits per heavy atom. The summed E-state index contributed by atoms with van der Waals surface area (Å²) >= 11 is 0. The fourth-order valence-electron chi connectivity index (χ4n) is 1.37. The van der Waals surface area contributed by atoms with Gasteiger partial charge in [0.1, 0.15) is 0 Å². The second-order valence-electron chi connectivity index (χ2n) is 3.50. The van der Waals surface area contributed by atoms with Crippen LogP contribution in [0.3, 0.4) is 0 Å². The van der Waals surface area contributed by atoms with Crippen LogP contribution in [0.25, 0.3) is 10.9 Å². The monoisotopic (exact) mass is 237 g/mol. The highest BCUT2D eigenvalue weighted by atomic mass is 32.2. The molecule has 0 aliphatic carbocycles. The molecule has 2 aromatic rings.